The Morgan fingerprint density at radius 2 is 2.05 bits per heavy atom. The fourth-order valence-electron chi connectivity index (χ4n) is 2.30. The number of aryl methyl sites for hydroxylation is 1. The number of pyridine rings is 1. The molecule has 0 fully saturated rings. The van der Waals surface area contributed by atoms with Gasteiger partial charge >= 0.3 is 11.9 Å². The summed E-state index contributed by atoms with van der Waals surface area (Å²) in [5.41, 5.74) is 2.37. The molecule has 1 N–H and O–H groups in total. The third kappa shape index (κ3) is 3.37. The third-order valence-electron chi connectivity index (χ3n) is 3.22. The molecule has 0 aliphatic carbocycles. The molecule has 0 bridgehead atoms. The number of benzene rings is 1. The number of carboxylic acids is 1. The number of hydrogen-bond donors (Lipinski definition) is 1. The van der Waals surface area contributed by atoms with E-state index in [1.807, 2.05) is 37.3 Å². The van der Waals surface area contributed by atoms with Crippen LogP contribution in [0.1, 0.15) is 18.2 Å². The summed E-state index contributed by atoms with van der Waals surface area (Å²) in [6.45, 7) is 3.66. The summed E-state index contributed by atoms with van der Waals surface area (Å²) < 4.78 is 4.84. The van der Waals surface area contributed by atoms with Crippen LogP contribution >= 0.6 is 0 Å². The molecule has 1 heterocycles. The van der Waals surface area contributed by atoms with Gasteiger partial charge in [0.05, 0.1) is 12.1 Å². The molecule has 1 unspecified atom stereocenters. The van der Waals surface area contributed by atoms with Crippen molar-refractivity contribution < 1.29 is 19.4 Å². The van der Waals surface area contributed by atoms with Gasteiger partial charge < -0.3 is 9.84 Å². The molecule has 1 atom stereocenters. The summed E-state index contributed by atoms with van der Waals surface area (Å²) in [6, 6.07) is 9.30. The topological polar surface area (TPSA) is 76.5 Å². The number of para-hydroxylation sites is 1. The fourth-order valence-corrected chi connectivity index (χ4v) is 2.30. The number of aromatic nitrogens is 1. The summed E-state index contributed by atoms with van der Waals surface area (Å²) in [4.78, 5) is 27.5. The highest BCUT2D eigenvalue weighted by molar-refractivity contribution is 5.95. The Morgan fingerprint density at radius 3 is 2.71 bits per heavy atom. The fraction of sp³-hybridized carbons (Fsp3) is 0.312. The van der Waals surface area contributed by atoms with Crippen LogP contribution in [0.25, 0.3) is 10.9 Å². The van der Waals surface area contributed by atoms with Crippen LogP contribution in [0, 0.1) is 12.8 Å². The average molecular weight is 287 g/mol. The van der Waals surface area contributed by atoms with Crippen molar-refractivity contribution in [1.82, 2.24) is 4.98 Å². The summed E-state index contributed by atoms with van der Waals surface area (Å²) >= 11 is 0. The lowest BCUT2D eigenvalue weighted by Gasteiger charge is -2.13. The van der Waals surface area contributed by atoms with E-state index in [1.165, 1.54) is 0 Å². The molecule has 0 amide bonds. The largest absolute Gasteiger partial charge is 0.481 e. The molecular formula is C16H17NO4. The van der Waals surface area contributed by atoms with E-state index in [-0.39, 0.29) is 13.0 Å². The molecule has 21 heavy (non-hydrogen) atoms. The van der Waals surface area contributed by atoms with Crippen molar-refractivity contribution in [3.05, 3.63) is 41.6 Å². The van der Waals surface area contributed by atoms with E-state index in [2.05, 4.69) is 4.98 Å². The van der Waals surface area contributed by atoms with Gasteiger partial charge in [-0.2, -0.15) is 0 Å². The average Bonchev–Trinajstić information content (AvgIpc) is 2.44. The van der Waals surface area contributed by atoms with E-state index in [4.69, 9.17) is 4.74 Å². The van der Waals surface area contributed by atoms with Gasteiger partial charge in [-0.3, -0.25) is 14.6 Å². The van der Waals surface area contributed by atoms with E-state index in [9.17, 15) is 14.7 Å². The molecule has 5 heteroatoms. The normalized spacial score (nSPS) is 12.1. The van der Waals surface area contributed by atoms with Gasteiger partial charge in [0.25, 0.3) is 0 Å². The second kappa shape index (κ2) is 6.35. The molecule has 0 radical (unpaired) electrons. The lowest BCUT2D eigenvalue weighted by molar-refractivity contribution is -0.158. The molecule has 2 rings (SSSR count). The molecule has 0 aliphatic rings. The zero-order valence-electron chi connectivity index (χ0n) is 12.0. The highest BCUT2D eigenvalue weighted by atomic mass is 16.5. The number of hydrogen-bond acceptors (Lipinski definition) is 4. The van der Waals surface area contributed by atoms with Crippen LogP contribution in [0.5, 0.6) is 0 Å². The number of rotatable bonds is 5. The Balaban J connectivity index is 2.41. The van der Waals surface area contributed by atoms with Crippen molar-refractivity contribution in [2.75, 3.05) is 6.61 Å². The molecule has 0 aliphatic heterocycles. The summed E-state index contributed by atoms with van der Waals surface area (Å²) in [7, 11) is 0. The number of esters is 1. The number of carbonyl (C=O) groups excluding carboxylic acids is 1. The molecular weight excluding hydrogens is 270 g/mol. The first-order valence-electron chi connectivity index (χ1n) is 6.77. The van der Waals surface area contributed by atoms with Crippen molar-refractivity contribution in [3.8, 4) is 0 Å². The Labute approximate surface area is 122 Å². The smallest absolute Gasteiger partial charge is 0.320 e. The van der Waals surface area contributed by atoms with Crippen molar-refractivity contribution in [2.24, 2.45) is 5.92 Å². The van der Waals surface area contributed by atoms with Crippen LogP contribution in [0.4, 0.5) is 0 Å². The van der Waals surface area contributed by atoms with Crippen LogP contribution in [0.3, 0.4) is 0 Å². The van der Waals surface area contributed by atoms with Crippen molar-refractivity contribution in [1.29, 1.82) is 0 Å². The van der Waals surface area contributed by atoms with Gasteiger partial charge in [0.1, 0.15) is 0 Å². The lowest BCUT2D eigenvalue weighted by Crippen LogP contribution is -2.28. The van der Waals surface area contributed by atoms with E-state index in [1.54, 1.807) is 6.92 Å². The highest BCUT2D eigenvalue weighted by Crippen LogP contribution is 2.22. The van der Waals surface area contributed by atoms with Gasteiger partial charge in [0.15, 0.2) is 5.92 Å². The van der Waals surface area contributed by atoms with Gasteiger partial charge in [0, 0.05) is 11.1 Å². The molecule has 1 aromatic heterocycles. The molecule has 2 aromatic rings. The Hall–Kier alpha value is -2.43. The second-order valence-electron chi connectivity index (χ2n) is 4.79. The van der Waals surface area contributed by atoms with Gasteiger partial charge in [0.2, 0.25) is 0 Å². The van der Waals surface area contributed by atoms with Crippen molar-refractivity contribution in [2.45, 2.75) is 20.3 Å². The molecule has 0 saturated carbocycles. The molecule has 0 spiro atoms. The lowest BCUT2D eigenvalue weighted by atomic mass is 9.96. The quantitative estimate of drug-likeness (QED) is 0.674. The zero-order chi connectivity index (χ0) is 15.4. The monoisotopic (exact) mass is 287 g/mol. The van der Waals surface area contributed by atoms with Gasteiger partial charge in [-0.05, 0) is 38.0 Å². The number of carbonyl (C=O) groups is 2. The summed E-state index contributed by atoms with van der Waals surface area (Å²) in [5.74, 6) is -3.08. The minimum absolute atomic E-state index is 0.0953. The van der Waals surface area contributed by atoms with Gasteiger partial charge in [-0.1, -0.05) is 18.2 Å². The van der Waals surface area contributed by atoms with Crippen LogP contribution in [-0.4, -0.2) is 28.6 Å². The summed E-state index contributed by atoms with van der Waals surface area (Å²) in [5, 5.41) is 10.1. The number of ether oxygens (including phenoxy) is 1. The molecule has 0 saturated heterocycles. The standard InChI is InChI=1S/C16H17NO4/c1-3-21-16(20)13(15(18)19)9-11-8-10(2)17-14-7-5-4-6-12(11)14/h4-8,13H,3,9H2,1-2H3,(H,18,19). The first-order chi connectivity index (χ1) is 10.0. The predicted molar refractivity (Wildman–Crippen MR) is 77.9 cm³/mol. The number of aliphatic carboxylic acids is 1. The molecule has 5 nitrogen and oxygen atoms in total. The van der Waals surface area contributed by atoms with Crippen LogP contribution < -0.4 is 0 Å². The maximum atomic E-state index is 11.8. The first-order valence-corrected chi connectivity index (χ1v) is 6.77. The SMILES string of the molecule is CCOC(=O)C(Cc1cc(C)nc2ccccc12)C(=O)O. The van der Waals surface area contributed by atoms with E-state index in [0.29, 0.717) is 0 Å². The molecule has 1 aromatic carbocycles. The number of fused-ring (bicyclic) bond motifs is 1. The van der Waals surface area contributed by atoms with Gasteiger partial charge in [-0.15, -0.1) is 0 Å². The van der Waals surface area contributed by atoms with Crippen molar-refractivity contribution in [3.63, 3.8) is 0 Å². The minimum atomic E-state index is -1.20. The molecule has 110 valence electrons. The van der Waals surface area contributed by atoms with Gasteiger partial charge in [-0.25, -0.2) is 0 Å². The predicted octanol–water partition coefficient (Wildman–Crippen LogP) is 2.35. The van der Waals surface area contributed by atoms with Crippen LogP contribution in [0.2, 0.25) is 0 Å². The first kappa shape index (κ1) is 15.0. The Morgan fingerprint density at radius 1 is 1.33 bits per heavy atom. The number of nitrogens with zero attached hydrogens (tertiary/aromatic N) is 1. The Kier molecular flexibility index (Phi) is 4.52. The minimum Gasteiger partial charge on any atom is -0.481 e. The zero-order valence-corrected chi connectivity index (χ0v) is 12.0. The Bertz CT molecular complexity index is 681. The van der Waals surface area contributed by atoms with E-state index >= 15 is 0 Å². The van der Waals surface area contributed by atoms with E-state index in [0.717, 1.165) is 22.2 Å². The van der Waals surface area contributed by atoms with Crippen LogP contribution in [0.15, 0.2) is 30.3 Å². The maximum absolute atomic E-state index is 11.8. The maximum Gasteiger partial charge on any atom is 0.320 e. The van der Waals surface area contributed by atoms with Crippen LogP contribution in [-0.2, 0) is 20.7 Å². The van der Waals surface area contributed by atoms with Crippen molar-refractivity contribution >= 4 is 22.8 Å². The number of carboxylic acid groups (broad SMARTS) is 1. The second-order valence-corrected chi connectivity index (χ2v) is 4.79. The highest BCUT2D eigenvalue weighted by Gasteiger charge is 2.28. The third-order valence-corrected chi connectivity index (χ3v) is 3.22. The summed E-state index contributed by atoms with van der Waals surface area (Å²) in [6.07, 6.45) is 0.0953. The van der Waals surface area contributed by atoms with E-state index < -0.39 is 17.9 Å².